The lowest BCUT2D eigenvalue weighted by molar-refractivity contribution is 0.219. The number of nitrogens with one attached hydrogen (secondary N) is 4. The first-order valence-electron chi connectivity index (χ1n) is 11.9. The van der Waals surface area contributed by atoms with Crippen LogP contribution in [0.25, 0.3) is 0 Å². The second-order valence-electron chi connectivity index (χ2n) is 8.67. The van der Waals surface area contributed by atoms with Gasteiger partial charge in [0.25, 0.3) is 0 Å². The van der Waals surface area contributed by atoms with Crippen LogP contribution in [0, 0.1) is 0 Å². The number of pyridine rings is 1. The Hall–Kier alpha value is -1.83. The van der Waals surface area contributed by atoms with Crippen molar-refractivity contribution in [1.82, 2.24) is 31.2 Å². The maximum atomic E-state index is 4.81. The minimum absolute atomic E-state index is 0.248. The smallest absolute Gasteiger partial charge is 0.0623 e. The quantitative estimate of drug-likeness (QED) is 0.604. The highest BCUT2D eigenvalue weighted by atomic mass is 15.2. The van der Waals surface area contributed by atoms with Crippen molar-refractivity contribution in [2.45, 2.75) is 31.8 Å². The van der Waals surface area contributed by atoms with Crippen molar-refractivity contribution in [2.24, 2.45) is 0 Å². The van der Waals surface area contributed by atoms with E-state index in [4.69, 9.17) is 4.98 Å². The molecule has 2 bridgehead atoms. The molecule has 4 N–H and O–H groups in total. The van der Waals surface area contributed by atoms with Crippen molar-refractivity contribution in [2.75, 3.05) is 59.4 Å². The van der Waals surface area contributed by atoms with E-state index < -0.39 is 0 Å². The number of aromatic nitrogens is 1. The molecule has 1 fully saturated rings. The summed E-state index contributed by atoms with van der Waals surface area (Å²) >= 11 is 0. The van der Waals surface area contributed by atoms with E-state index in [2.05, 4.69) is 56.5 Å². The summed E-state index contributed by atoms with van der Waals surface area (Å²) in [6, 6.07) is 11.8. The van der Waals surface area contributed by atoms with Crippen LogP contribution in [0.1, 0.15) is 46.8 Å². The van der Waals surface area contributed by atoms with Crippen LogP contribution in [0.3, 0.4) is 0 Å². The van der Waals surface area contributed by atoms with Crippen LogP contribution in [0.4, 0.5) is 0 Å². The van der Waals surface area contributed by atoms with Gasteiger partial charge in [0.05, 0.1) is 11.7 Å². The molecule has 1 saturated heterocycles. The van der Waals surface area contributed by atoms with Gasteiger partial charge in [0.15, 0.2) is 0 Å². The van der Waals surface area contributed by atoms with Gasteiger partial charge in [-0.25, -0.2) is 0 Å². The molecule has 168 valence electrons. The Bertz CT molecular complexity index is 792. The monoisotopic (exact) mass is 422 g/mol. The Balaban J connectivity index is 1.65. The van der Waals surface area contributed by atoms with E-state index >= 15 is 0 Å². The molecule has 6 heteroatoms. The van der Waals surface area contributed by atoms with Crippen LogP contribution in [0.2, 0.25) is 0 Å². The third-order valence-corrected chi connectivity index (χ3v) is 6.40. The average Bonchev–Trinajstić information content (AvgIpc) is 2.77. The lowest BCUT2D eigenvalue weighted by Crippen LogP contribution is -2.40. The summed E-state index contributed by atoms with van der Waals surface area (Å²) in [6.07, 6.45) is 5.28. The molecular formula is C25H38N6. The molecule has 1 aliphatic heterocycles. The van der Waals surface area contributed by atoms with E-state index in [0.29, 0.717) is 0 Å². The minimum atomic E-state index is 0.248. The molecule has 1 aromatic carbocycles. The van der Waals surface area contributed by atoms with Crippen molar-refractivity contribution in [1.29, 1.82) is 0 Å². The summed E-state index contributed by atoms with van der Waals surface area (Å²) in [5.74, 6) is 0. The Morgan fingerprint density at radius 2 is 1.65 bits per heavy atom. The van der Waals surface area contributed by atoms with Gasteiger partial charge in [-0.15, -0.1) is 0 Å². The zero-order valence-electron chi connectivity index (χ0n) is 18.9. The third kappa shape index (κ3) is 5.90. The fourth-order valence-electron chi connectivity index (χ4n) is 4.85. The minimum Gasteiger partial charge on any atom is -0.315 e. The summed E-state index contributed by atoms with van der Waals surface area (Å²) in [5.41, 5.74) is 6.78. The van der Waals surface area contributed by atoms with Crippen LogP contribution in [0.15, 0.2) is 36.5 Å². The van der Waals surface area contributed by atoms with E-state index in [0.717, 1.165) is 71.7 Å². The van der Waals surface area contributed by atoms with Gasteiger partial charge in [0.2, 0.25) is 0 Å². The first-order valence-corrected chi connectivity index (χ1v) is 11.9. The summed E-state index contributed by atoms with van der Waals surface area (Å²) in [5, 5.41) is 14.1. The van der Waals surface area contributed by atoms with Crippen LogP contribution >= 0.6 is 0 Å². The summed E-state index contributed by atoms with van der Waals surface area (Å²) < 4.78 is 0. The van der Waals surface area contributed by atoms with Crippen LogP contribution < -0.4 is 21.3 Å². The summed E-state index contributed by atoms with van der Waals surface area (Å²) in [6.45, 7) is 9.21. The zero-order chi connectivity index (χ0) is 21.3. The molecule has 0 saturated carbocycles. The Kier molecular flexibility index (Phi) is 8.44. The number of rotatable bonds is 3. The van der Waals surface area contributed by atoms with E-state index in [-0.39, 0.29) is 6.04 Å². The van der Waals surface area contributed by atoms with Gasteiger partial charge in [-0.05, 0) is 68.7 Å². The van der Waals surface area contributed by atoms with E-state index in [9.17, 15) is 0 Å². The zero-order valence-corrected chi connectivity index (χ0v) is 18.9. The molecule has 2 heterocycles. The highest BCUT2D eigenvalue weighted by Gasteiger charge is 2.28. The highest BCUT2D eigenvalue weighted by molar-refractivity contribution is 5.45. The maximum Gasteiger partial charge on any atom is 0.0623 e. The van der Waals surface area contributed by atoms with Gasteiger partial charge >= 0.3 is 0 Å². The number of hydrogen-bond donors (Lipinski definition) is 4. The van der Waals surface area contributed by atoms with Gasteiger partial charge in [0.1, 0.15) is 0 Å². The van der Waals surface area contributed by atoms with Crippen LogP contribution in [-0.2, 0) is 13.0 Å². The molecule has 31 heavy (non-hydrogen) atoms. The molecule has 3 aliphatic rings. The molecule has 1 aromatic heterocycles. The standard InChI is InChI=1S/C25H38N6/c1-26-19-23-24-22(8-12-30-23)18-20-4-6-21(7-5-20)25(24)31-16-3-11-28-14-13-27-9-2-10-29-15-17-31/h4-8,12,25-29H,2-3,9-11,13-19H2,1H3. The molecule has 0 amide bonds. The molecule has 6 nitrogen and oxygen atoms in total. The summed E-state index contributed by atoms with van der Waals surface area (Å²) in [4.78, 5) is 7.49. The van der Waals surface area contributed by atoms with E-state index in [1.54, 1.807) is 0 Å². The molecule has 0 radical (unpaired) electrons. The van der Waals surface area contributed by atoms with Crippen molar-refractivity contribution < 1.29 is 0 Å². The van der Waals surface area contributed by atoms with Gasteiger partial charge in [0, 0.05) is 51.0 Å². The molecule has 2 aromatic rings. The van der Waals surface area contributed by atoms with Gasteiger partial charge in [-0.3, -0.25) is 9.88 Å². The Morgan fingerprint density at radius 3 is 2.42 bits per heavy atom. The van der Waals surface area contributed by atoms with Crippen molar-refractivity contribution in [3.05, 3.63) is 64.5 Å². The number of nitrogens with zero attached hydrogens (tertiary/aromatic N) is 2. The molecule has 5 rings (SSSR count). The third-order valence-electron chi connectivity index (χ3n) is 6.40. The molecule has 1 unspecified atom stereocenters. The van der Waals surface area contributed by atoms with Crippen molar-refractivity contribution >= 4 is 0 Å². The second-order valence-corrected chi connectivity index (χ2v) is 8.67. The lowest BCUT2D eigenvalue weighted by atomic mass is 9.85. The normalized spacial score (nSPS) is 21.6. The molecule has 2 aliphatic carbocycles. The maximum absolute atomic E-state index is 4.81. The number of benzene rings is 1. The second kappa shape index (κ2) is 11.7. The predicted octanol–water partition coefficient (Wildman–Crippen LogP) is 1.66. The van der Waals surface area contributed by atoms with Gasteiger partial charge < -0.3 is 21.3 Å². The first kappa shape index (κ1) is 22.4. The van der Waals surface area contributed by atoms with Crippen molar-refractivity contribution in [3.8, 4) is 0 Å². The lowest BCUT2D eigenvalue weighted by Gasteiger charge is -2.36. The molecular weight excluding hydrogens is 384 g/mol. The first-order chi connectivity index (χ1) is 15.4. The van der Waals surface area contributed by atoms with E-state index in [1.807, 2.05) is 13.2 Å². The van der Waals surface area contributed by atoms with Crippen LogP contribution in [0.5, 0.6) is 0 Å². The van der Waals surface area contributed by atoms with Crippen molar-refractivity contribution in [3.63, 3.8) is 0 Å². The van der Waals surface area contributed by atoms with E-state index in [1.165, 1.54) is 34.4 Å². The topological polar surface area (TPSA) is 64.2 Å². The highest BCUT2D eigenvalue weighted by Crippen LogP contribution is 2.36. The average molecular weight is 423 g/mol. The van der Waals surface area contributed by atoms with Gasteiger partial charge in [-0.1, -0.05) is 24.3 Å². The Morgan fingerprint density at radius 1 is 0.903 bits per heavy atom. The SMILES string of the molecule is CNCc1nccc2c1C(N1CCCNCCNCCCNCC1)c1ccc(cc1)C2. The molecule has 0 spiro atoms. The summed E-state index contributed by atoms with van der Waals surface area (Å²) in [7, 11) is 2.01. The fourth-order valence-corrected chi connectivity index (χ4v) is 4.85. The van der Waals surface area contributed by atoms with Crippen LogP contribution in [-0.4, -0.2) is 69.3 Å². The number of hydrogen-bond acceptors (Lipinski definition) is 6. The number of fused-ring (bicyclic) bond motifs is 2. The van der Waals surface area contributed by atoms with Gasteiger partial charge in [-0.2, -0.15) is 0 Å². The fraction of sp³-hybridized carbons (Fsp3) is 0.560. The largest absolute Gasteiger partial charge is 0.315 e. The molecule has 1 atom stereocenters. The Labute approximate surface area is 187 Å². The predicted molar refractivity (Wildman–Crippen MR) is 128 cm³/mol.